The van der Waals surface area contributed by atoms with E-state index < -0.39 is 43.4 Å². The van der Waals surface area contributed by atoms with Gasteiger partial charge in [0.15, 0.2) is 4.90 Å². The summed E-state index contributed by atoms with van der Waals surface area (Å²) in [5.74, 6) is 0. The zero-order valence-corrected chi connectivity index (χ0v) is 17.8. The van der Waals surface area contributed by atoms with Crippen LogP contribution in [0.5, 0.6) is 0 Å². The molecule has 0 saturated carbocycles. The van der Waals surface area contributed by atoms with Crippen molar-refractivity contribution in [1.82, 2.24) is 4.72 Å². The fraction of sp³-hybridized carbons (Fsp3) is 0.182. The van der Waals surface area contributed by atoms with E-state index in [0.717, 1.165) is 29.8 Å². The molecule has 11 heteroatoms. The smallest absolute Gasteiger partial charge is 0.367 e. The second kappa shape index (κ2) is 10.1. The van der Waals surface area contributed by atoms with Crippen molar-refractivity contribution >= 4 is 15.7 Å². The first-order valence-electron chi connectivity index (χ1n) is 9.64. The maximum Gasteiger partial charge on any atom is 0.416 e. The summed E-state index contributed by atoms with van der Waals surface area (Å²) in [6, 6.07) is 17.9. The molecule has 7 nitrogen and oxygen atoms in total. The lowest BCUT2D eigenvalue weighted by atomic mass is 10.1. The molecule has 3 aromatic carbocycles. The standard InChI is InChI=1S/C22H19F3N2O5S/c23-22(24,25)18-12-10-17(11-13-18)20(32-15-16-6-2-1-3-7-16)14-26-33(30,31)21-9-5-4-8-19(21)27(28)29/h1-13,20,26H,14-15H2. The van der Waals surface area contributed by atoms with Gasteiger partial charge in [-0.05, 0) is 29.3 Å². The molecule has 0 amide bonds. The van der Waals surface area contributed by atoms with Crippen molar-refractivity contribution in [3.8, 4) is 0 Å². The number of nitrogens with one attached hydrogen (secondary N) is 1. The fourth-order valence-corrected chi connectivity index (χ4v) is 4.23. The van der Waals surface area contributed by atoms with Crippen molar-refractivity contribution in [1.29, 1.82) is 0 Å². The Balaban J connectivity index is 1.84. The summed E-state index contributed by atoms with van der Waals surface area (Å²) in [5.41, 5.74) is -0.366. The molecule has 0 fully saturated rings. The highest BCUT2D eigenvalue weighted by molar-refractivity contribution is 7.89. The van der Waals surface area contributed by atoms with E-state index in [0.29, 0.717) is 5.56 Å². The highest BCUT2D eigenvalue weighted by Crippen LogP contribution is 2.31. The first-order chi connectivity index (χ1) is 15.6. The molecule has 0 aromatic heterocycles. The number of para-hydroxylation sites is 1. The Morgan fingerprint density at radius 3 is 2.15 bits per heavy atom. The van der Waals surface area contributed by atoms with Gasteiger partial charge in [-0.1, -0.05) is 54.6 Å². The number of halogens is 3. The average Bonchev–Trinajstić information content (AvgIpc) is 2.79. The van der Waals surface area contributed by atoms with Crippen LogP contribution in [0.25, 0.3) is 0 Å². The average molecular weight is 480 g/mol. The van der Waals surface area contributed by atoms with Crippen LogP contribution in [-0.4, -0.2) is 19.9 Å². The number of benzene rings is 3. The highest BCUT2D eigenvalue weighted by Gasteiger charge is 2.31. The molecule has 3 aromatic rings. The summed E-state index contributed by atoms with van der Waals surface area (Å²) in [4.78, 5) is 9.86. The molecule has 0 aliphatic heterocycles. The molecule has 3 rings (SSSR count). The minimum atomic E-state index is -4.52. The van der Waals surface area contributed by atoms with E-state index in [1.807, 2.05) is 0 Å². The number of sulfonamides is 1. The molecule has 0 saturated heterocycles. The first-order valence-corrected chi connectivity index (χ1v) is 11.1. The molecule has 0 spiro atoms. The van der Waals surface area contributed by atoms with Gasteiger partial charge >= 0.3 is 6.18 Å². The van der Waals surface area contributed by atoms with E-state index in [-0.39, 0.29) is 13.2 Å². The minimum absolute atomic E-state index is 0.0692. The number of nitro groups is 1. The summed E-state index contributed by atoms with van der Waals surface area (Å²) in [7, 11) is -4.31. The molecule has 0 aliphatic rings. The van der Waals surface area contributed by atoms with Gasteiger partial charge in [0.1, 0.15) is 0 Å². The van der Waals surface area contributed by atoms with Crippen LogP contribution in [0.2, 0.25) is 0 Å². The van der Waals surface area contributed by atoms with E-state index in [1.54, 1.807) is 30.3 Å². The van der Waals surface area contributed by atoms with Crippen LogP contribution in [0.3, 0.4) is 0 Å². The van der Waals surface area contributed by atoms with Crippen LogP contribution < -0.4 is 4.72 Å². The maximum atomic E-state index is 12.9. The van der Waals surface area contributed by atoms with Gasteiger partial charge in [0, 0.05) is 12.6 Å². The third-order valence-electron chi connectivity index (χ3n) is 4.71. The lowest BCUT2D eigenvalue weighted by Crippen LogP contribution is -2.30. The Kier molecular flexibility index (Phi) is 7.46. The number of nitro benzene ring substituents is 1. The van der Waals surface area contributed by atoms with Gasteiger partial charge < -0.3 is 4.74 Å². The summed E-state index contributed by atoms with van der Waals surface area (Å²) >= 11 is 0. The van der Waals surface area contributed by atoms with E-state index in [9.17, 15) is 31.7 Å². The van der Waals surface area contributed by atoms with Gasteiger partial charge in [0.05, 0.1) is 23.2 Å². The second-order valence-corrected chi connectivity index (χ2v) is 8.72. The summed E-state index contributed by atoms with van der Waals surface area (Å²) in [6.45, 7) is -0.285. The van der Waals surface area contributed by atoms with Gasteiger partial charge in [-0.2, -0.15) is 13.2 Å². The molecule has 0 aliphatic carbocycles. The number of ether oxygens (including phenoxy) is 1. The monoisotopic (exact) mass is 480 g/mol. The van der Waals surface area contributed by atoms with Crippen LogP contribution >= 0.6 is 0 Å². The Labute approximate surface area is 188 Å². The van der Waals surface area contributed by atoms with Crippen LogP contribution in [0, 0.1) is 10.1 Å². The summed E-state index contributed by atoms with van der Waals surface area (Å²) in [6.07, 6.45) is -5.47. The van der Waals surface area contributed by atoms with Crippen molar-refractivity contribution in [3.63, 3.8) is 0 Å². The third-order valence-corrected chi connectivity index (χ3v) is 6.18. The molecule has 33 heavy (non-hydrogen) atoms. The first kappa shape index (κ1) is 24.4. The van der Waals surface area contributed by atoms with Crippen molar-refractivity contribution in [3.05, 3.63) is 106 Å². The highest BCUT2D eigenvalue weighted by atomic mass is 32.2. The van der Waals surface area contributed by atoms with Crippen molar-refractivity contribution < 1.29 is 31.2 Å². The number of alkyl halides is 3. The normalized spacial score (nSPS) is 12.9. The van der Waals surface area contributed by atoms with Crippen molar-refractivity contribution in [2.24, 2.45) is 0 Å². The van der Waals surface area contributed by atoms with Gasteiger partial charge in [-0.15, -0.1) is 0 Å². The lowest BCUT2D eigenvalue weighted by Gasteiger charge is -2.20. The zero-order valence-electron chi connectivity index (χ0n) is 17.0. The minimum Gasteiger partial charge on any atom is -0.367 e. The zero-order chi connectivity index (χ0) is 24.1. The maximum absolute atomic E-state index is 12.9. The third kappa shape index (κ3) is 6.37. The van der Waals surface area contributed by atoms with Gasteiger partial charge in [0.25, 0.3) is 5.69 Å². The Morgan fingerprint density at radius 2 is 1.55 bits per heavy atom. The van der Waals surface area contributed by atoms with E-state index in [2.05, 4.69) is 4.72 Å². The number of hydrogen-bond donors (Lipinski definition) is 1. The van der Waals surface area contributed by atoms with Crippen molar-refractivity contribution in [2.75, 3.05) is 6.54 Å². The quantitative estimate of drug-likeness (QED) is 0.349. The molecule has 0 bridgehead atoms. The molecule has 174 valence electrons. The molecule has 1 atom stereocenters. The van der Waals surface area contributed by atoms with Gasteiger partial charge in [-0.3, -0.25) is 10.1 Å². The Morgan fingerprint density at radius 1 is 0.939 bits per heavy atom. The van der Waals surface area contributed by atoms with Crippen LogP contribution in [-0.2, 0) is 27.5 Å². The molecule has 1 N–H and O–H groups in total. The molecule has 0 radical (unpaired) electrons. The summed E-state index contributed by atoms with van der Waals surface area (Å²) < 4.78 is 72.3. The predicted molar refractivity (Wildman–Crippen MR) is 114 cm³/mol. The van der Waals surface area contributed by atoms with Crippen LogP contribution in [0.1, 0.15) is 22.8 Å². The summed E-state index contributed by atoms with van der Waals surface area (Å²) in [5, 5.41) is 11.2. The molecule has 0 heterocycles. The molecular formula is C22H19F3N2O5S. The molecular weight excluding hydrogens is 461 g/mol. The number of nitrogens with zero attached hydrogens (tertiary/aromatic N) is 1. The topological polar surface area (TPSA) is 98.5 Å². The lowest BCUT2D eigenvalue weighted by molar-refractivity contribution is -0.387. The van der Waals surface area contributed by atoms with Gasteiger partial charge in [-0.25, -0.2) is 13.1 Å². The number of hydrogen-bond acceptors (Lipinski definition) is 5. The Hall–Kier alpha value is -3.28. The SMILES string of the molecule is O=[N+]([O-])c1ccccc1S(=O)(=O)NCC(OCc1ccccc1)c1ccc(C(F)(F)F)cc1. The predicted octanol–water partition coefficient (Wildman–Crippen LogP) is 4.85. The van der Waals surface area contributed by atoms with Crippen LogP contribution in [0.15, 0.2) is 83.8 Å². The van der Waals surface area contributed by atoms with Gasteiger partial charge in [0.2, 0.25) is 10.0 Å². The van der Waals surface area contributed by atoms with E-state index >= 15 is 0 Å². The second-order valence-electron chi connectivity index (χ2n) is 6.98. The van der Waals surface area contributed by atoms with Crippen LogP contribution in [0.4, 0.5) is 18.9 Å². The van der Waals surface area contributed by atoms with E-state index in [4.69, 9.17) is 4.74 Å². The Bertz CT molecular complexity index is 1200. The largest absolute Gasteiger partial charge is 0.416 e. The van der Waals surface area contributed by atoms with Crippen molar-refractivity contribution in [2.45, 2.75) is 23.8 Å². The molecule has 1 unspecified atom stereocenters. The number of rotatable bonds is 9. The van der Waals surface area contributed by atoms with E-state index in [1.165, 1.54) is 24.3 Å². The fourth-order valence-electron chi connectivity index (χ4n) is 3.03.